The van der Waals surface area contributed by atoms with Crippen LogP contribution in [0, 0.1) is 0 Å². The van der Waals surface area contributed by atoms with Gasteiger partial charge < -0.3 is 0 Å². The summed E-state index contributed by atoms with van der Waals surface area (Å²) in [6.07, 6.45) is 5.01. The zero-order valence-electron chi connectivity index (χ0n) is 10.4. The van der Waals surface area contributed by atoms with E-state index in [9.17, 15) is 4.79 Å². The van der Waals surface area contributed by atoms with Gasteiger partial charge in [-0.05, 0) is 12.1 Å². The van der Waals surface area contributed by atoms with Gasteiger partial charge in [-0.3, -0.25) is 9.78 Å². The molecule has 3 aromatic rings. The van der Waals surface area contributed by atoms with Crippen molar-refractivity contribution < 1.29 is 4.79 Å². The first kappa shape index (κ1) is 11.0. The van der Waals surface area contributed by atoms with Crippen LogP contribution in [-0.2, 0) is 0 Å². The number of aromatic nitrogens is 3. The molecule has 0 bridgehead atoms. The average Bonchev–Trinajstić information content (AvgIpc) is 2.81. The van der Waals surface area contributed by atoms with Gasteiger partial charge in [0, 0.05) is 35.3 Å². The lowest BCUT2D eigenvalue weighted by Crippen LogP contribution is -1.98. The number of benzene rings is 1. The standard InChI is InChI=1S/C16H9N3O/c20-15-12-4-2-1-3-11(12)14-13(15)9-18-16(19-14)10-5-7-17-8-6-10/h1-9H. The minimum Gasteiger partial charge on any atom is -0.288 e. The smallest absolute Gasteiger partial charge is 0.197 e. The molecule has 0 spiro atoms. The molecule has 1 aliphatic rings. The summed E-state index contributed by atoms with van der Waals surface area (Å²) in [5.41, 5.74) is 3.75. The van der Waals surface area contributed by atoms with Gasteiger partial charge in [-0.25, -0.2) is 9.97 Å². The van der Waals surface area contributed by atoms with Crippen molar-refractivity contribution in [2.45, 2.75) is 0 Å². The Balaban J connectivity index is 1.94. The number of pyridine rings is 1. The fraction of sp³-hybridized carbons (Fsp3) is 0. The van der Waals surface area contributed by atoms with Crippen LogP contribution in [0.4, 0.5) is 0 Å². The van der Waals surface area contributed by atoms with E-state index < -0.39 is 0 Å². The van der Waals surface area contributed by atoms with Gasteiger partial charge in [-0.2, -0.15) is 0 Å². The summed E-state index contributed by atoms with van der Waals surface area (Å²) in [7, 11) is 0. The summed E-state index contributed by atoms with van der Waals surface area (Å²) in [4.78, 5) is 25.1. The summed E-state index contributed by atoms with van der Waals surface area (Å²) >= 11 is 0. The molecular formula is C16H9N3O. The number of carbonyl (C=O) groups excluding carboxylic acids is 1. The zero-order valence-corrected chi connectivity index (χ0v) is 10.4. The van der Waals surface area contributed by atoms with Crippen molar-refractivity contribution >= 4 is 5.78 Å². The number of hydrogen-bond donors (Lipinski definition) is 0. The van der Waals surface area contributed by atoms with Gasteiger partial charge in [0.2, 0.25) is 0 Å². The van der Waals surface area contributed by atoms with Crippen molar-refractivity contribution in [3.05, 3.63) is 66.1 Å². The molecule has 0 saturated heterocycles. The van der Waals surface area contributed by atoms with E-state index in [-0.39, 0.29) is 5.78 Å². The molecule has 0 unspecified atom stereocenters. The Morgan fingerprint density at radius 3 is 2.40 bits per heavy atom. The second kappa shape index (κ2) is 4.06. The van der Waals surface area contributed by atoms with E-state index in [2.05, 4.69) is 15.0 Å². The third-order valence-electron chi connectivity index (χ3n) is 3.40. The van der Waals surface area contributed by atoms with E-state index in [1.54, 1.807) is 18.6 Å². The highest BCUT2D eigenvalue weighted by Crippen LogP contribution is 2.35. The number of carbonyl (C=O) groups is 1. The Morgan fingerprint density at radius 1 is 0.850 bits per heavy atom. The largest absolute Gasteiger partial charge is 0.288 e. The molecule has 94 valence electrons. The summed E-state index contributed by atoms with van der Waals surface area (Å²) in [5.74, 6) is 0.604. The van der Waals surface area contributed by atoms with E-state index in [0.717, 1.165) is 11.1 Å². The molecule has 1 aromatic carbocycles. The van der Waals surface area contributed by atoms with Gasteiger partial charge in [0.05, 0.1) is 11.3 Å². The van der Waals surface area contributed by atoms with Gasteiger partial charge in [0.1, 0.15) is 0 Å². The fourth-order valence-corrected chi connectivity index (χ4v) is 2.43. The topological polar surface area (TPSA) is 55.7 Å². The highest BCUT2D eigenvalue weighted by atomic mass is 16.1. The molecule has 2 aromatic heterocycles. The lowest BCUT2D eigenvalue weighted by Gasteiger charge is -2.02. The van der Waals surface area contributed by atoms with Crippen LogP contribution in [0.1, 0.15) is 15.9 Å². The quantitative estimate of drug-likeness (QED) is 0.527. The summed E-state index contributed by atoms with van der Waals surface area (Å²) < 4.78 is 0. The minimum atomic E-state index is -0.00289. The number of rotatable bonds is 1. The molecule has 4 heteroatoms. The monoisotopic (exact) mass is 259 g/mol. The number of nitrogens with zero attached hydrogens (tertiary/aromatic N) is 3. The maximum absolute atomic E-state index is 12.2. The van der Waals surface area contributed by atoms with E-state index in [0.29, 0.717) is 22.6 Å². The van der Waals surface area contributed by atoms with Crippen molar-refractivity contribution in [2.24, 2.45) is 0 Å². The highest BCUT2D eigenvalue weighted by Gasteiger charge is 2.28. The maximum atomic E-state index is 12.2. The Labute approximate surface area is 115 Å². The third kappa shape index (κ3) is 1.48. The van der Waals surface area contributed by atoms with Crippen LogP contribution >= 0.6 is 0 Å². The highest BCUT2D eigenvalue weighted by molar-refractivity contribution is 6.20. The summed E-state index contributed by atoms with van der Waals surface area (Å²) in [6.45, 7) is 0. The van der Waals surface area contributed by atoms with E-state index in [4.69, 9.17) is 0 Å². The molecule has 0 saturated carbocycles. The van der Waals surface area contributed by atoms with Gasteiger partial charge in [-0.1, -0.05) is 24.3 Å². The van der Waals surface area contributed by atoms with Crippen LogP contribution < -0.4 is 0 Å². The molecule has 4 rings (SSSR count). The van der Waals surface area contributed by atoms with Crippen molar-refractivity contribution in [1.82, 2.24) is 15.0 Å². The summed E-state index contributed by atoms with van der Waals surface area (Å²) in [6, 6.07) is 11.2. The molecule has 0 radical (unpaired) electrons. The first-order chi connectivity index (χ1) is 9.84. The zero-order chi connectivity index (χ0) is 13.5. The lowest BCUT2D eigenvalue weighted by molar-refractivity contribution is 0.104. The van der Waals surface area contributed by atoms with Gasteiger partial charge in [0.15, 0.2) is 11.6 Å². The van der Waals surface area contributed by atoms with Crippen LogP contribution in [-0.4, -0.2) is 20.7 Å². The normalized spacial score (nSPS) is 12.1. The molecule has 0 aliphatic heterocycles. The van der Waals surface area contributed by atoms with Crippen LogP contribution in [0.5, 0.6) is 0 Å². The van der Waals surface area contributed by atoms with E-state index in [1.807, 2.05) is 36.4 Å². The molecule has 0 atom stereocenters. The molecule has 0 fully saturated rings. The third-order valence-corrected chi connectivity index (χ3v) is 3.40. The van der Waals surface area contributed by atoms with Crippen molar-refractivity contribution in [3.63, 3.8) is 0 Å². The SMILES string of the molecule is O=C1c2ccccc2-c2nc(-c3ccncc3)ncc21. The van der Waals surface area contributed by atoms with Crippen LogP contribution in [0.3, 0.4) is 0 Å². The van der Waals surface area contributed by atoms with Crippen LogP contribution in [0.15, 0.2) is 55.0 Å². The fourth-order valence-electron chi connectivity index (χ4n) is 2.43. The second-order valence-electron chi connectivity index (χ2n) is 4.57. The molecule has 20 heavy (non-hydrogen) atoms. The van der Waals surface area contributed by atoms with Crippen molar-refractivity contribution in [1.29, 1.82) is 0 Å². The van der Waals surface area contributed by atoms with Gasteiger partial charge in [0.25, 0.3) is 0 Å². The number of hydrogen-bond acceptors (Lipinski definition) is 4. The van der Waals surface area contributed by atoms with Gasteiger partial charge >= 0.3 is 0 Å². The maximum Gasteiger partial charge on any atom is 0.197 e. The Hall–Kier alpha value is -2.88. The van der Waals surface area contributed by atoms with Crippen LogP contribution in [0.25, 0.3) is 22.6 Å². The minimum absolute atomic E-state index is 0.00289. The number of ketones is 1. The molecule has 0 amide bonds. The number of fused-ring (bicyclic) bond motifs is 3. The predicted octanol–water partition coefficient (Wildman–Crippen LogP) is 2.75. The first-order valence-corrected chi connectivity index (χ1v) is 6.26. The van der Waals surface area contributed by atoms with E-state index in [1.165, 1.54) is 0 Å². The average molecular weight is 259 g/mol. The molecule has 2 heterocycles. The molecule has 4 nitrogen and oxygen atoms in total. The van der Waals surface area contributed by atoms with Crippen LogP contribution in [0.2, 0.25) is 0 Å². The van der Waals surface area contributed by atoms with Gasteiger partial charge in [-0.15, -0.1) is 0 Å². The summed E-state index contributed by atoms with van der Waals surface area (Å²) in [5, 5.41) is 0. The second-order valence-corrected chi connectivity index (χ2v) is 4.57. The van der Waals surface area contributed by atoms with Crippen molar-refractivity contribution in [2.75, 3.05) is 0 Å². The molecule has 0 N–H and O–H groups in total. The molecule has 1 aliphatic carbocycles. The Bertz CT molecular complexity index is 828. The Morgan fingerprint density at radius 2 is 1.60 bits per heavy atom. The van der Waals surface area contributed by atoms with E-state index >= 15 is 0 Å². The first-order valence-electron chi connectivity index (χ1n) is 6.26. The Kier molecular flexibility index (Phi) is 2.23. The van der Waals surface area contributed by atoms with Crippen molar-refractivity contribution in [3.8, 4) is 22.6 Å². The lowest BCUT2D eigenvalue weighted by atomic mass is 10.1. The predicted molar refractivity (Wildman–Crippen MR) is 74.1 cm³/mol. The molecular weight excluding hydrogens is 250 g/mol.